The number of rotatable bonds is 0. The molecule has 5 heteroatoms. The van der Waals surface area contributed by atoms with E-state index in [0.29, 0.717) is 0 Å². The number of benzene rings is 3. The summed E-state index contributed by atoms with van der Waals surface area (Å²) in [7, 11) is 3.77. The lowest BCUT2D eigenvalue weighted by atomic mass is 10.0. The Balaban J connectivity index is 2.20. The molecule has 1 unspecified atom stereocenters. The van der Waals surface area contributed by atoms with Gasteiger partial charge in [-0.05, 0) is 45.8 Å². The van der Waals surface area contributed by atoms with Gasteiger partial charge in [0.15, 0.2) is 9.34 Å². The highest BCUT2D eigenvalue weighted by molar-refractivity contribution is 8.11. The minimum Gasteiger partial charge on any atom is -0.678 e. The normalized spacial score (nSPS) is 12.4. The maximum atomic E-state index is 12.0. The molecular weight excluding hydrogens is 312 g/mol. The van der Waals surface area contributed by atoms with E-state index < -0.39 is 9.75 Å². The Morgan fingerprint density at radius 1 is 0.842 bits per heavy atom. The lowest BCUT2D eigenvalue weighted by molar-refractivity contribution is 0.604. The van der Waals surface area contributed by atoms with Crippen LogP contribution >= 0.6 is 38.8 Å². The average molecular weight is 320 g/mol. The van der Waals surface area contributed by atoms with Crippen LogP contribution in [0.4, 0.5) is 0 Å². The van der Waals surface area contributed by atoms with Crippen LogP contribution < -0.4 is 0 Å². The Kier molecular flexibility index (Phi) is 2.82. The zero-order chi connectivity index (χ0) is 12.8. The summed E-state index contributed by atoms with van der Waals surface area (Å²) in [4.78, 5) is 0. The second kappa shape index (κ2) is 4.54. The maximum absolute atomic E-state index is 12.0. The minimum atomic E-state index is -0.946. The highest BCUT2D eigenvalue weighted by atomic mass is 33.4. The number of hydrogen-bond donors (Lipinski definition) is 0. The van der Waals surface area contributed by atoms with Gasteiger partial charge in [0.05, 0.1) is 15.0 Å². The van der Waals surface area contributed by atoms with Gasteiger partial charge in [-0.3, -0.25) is 0 Å². The van der Waals surface area contributed by atoms with Crippen molar-refractivity contribution >= 4 is 69.7 Å². The predicted molar refractivity (Wildman–Crippen MR) is 88.9 cm³/mol. The molecule has 0 aliphatic carbocycles. The molecule has 4 aromatic rings. The number of fused-ring (bicyclic) bond motifs is 3. The summed E-state index contributed by atoms with van der Waals surface area (Å²) in [6.45, 7) is 0. The van der Waals surface area contributed by atoms with Gasteiger partial charge in [0.1, 0.15) is 4.70 Å². The van der Waals surface area contributed by atoms with Crippen molar-refractivity contribution < 1.29 is 4.55 Å². The van der Waals surface area contributed by atoms with E-state index >= 15 is 0 Å². The Labute approximate surface area is 122 Å². The molecule has 94 valence electrons. The maximum Gasteiger partial charge on any atom is 0.216 e. The van der Waals surface area contributed by atoms with Crippen molar-refractivity contribution in [1.29, 1.82) is 0 Å². The van der Waals surface area contributed by atoms with Crippen molar-refractivity contribution in [2.45, 2.75) is 0 Å². The fraction of sp³-hybridized carbons (Fsp3) is 0. The molecule has 0 fully saturated rings. The zero-order valence-corrected chi connectivity index (χ0v) is 12.9. The van der Waals surface area contributed by atoms with Crippen LogP contribution in [0, 0.1) is 0 Å². The third-order valence-electron chi connectivity index (χ3n) is 3.16. The molecule has 1 nitrogen and oxygen atoms in total. The second-order valence-corrected chi connectivity index (χ2v) is 10.8. The molecule has 1 aromatic heterocycles. The molecule has 0 N–H and O–H groups in total. The van der Waals surface area contributed by atoms with Gasteiger partial charge < -0.3 is 4.55 Å². The Morgan fingerprint density at radius 2 is 1.53 bits per heavy atom. The summed E-state index contributed by atoms with van der Waals surface area (Å²) >= 11 is 0. The number of hydrogen-bond acceptors (Lipinski definition) is 4. The van der Waals surface area contributed by atoms with Crippen molar-refractivity contribution in [3.8, 4) is 0 Å². The Bertz CT molecular complexity index is 936. The molecule has 4 rings (SSSR count). The second-order valence-electron chi connectivity index (χ2n) is 4.30. The predicted octanol–water partition coefficient (Wildman–Crippen LogP) is 6.18. The molecule has 3 aromatic carbocycles. The third-order valence-corrected chi connectivity index (χ3v) is 10.3. The highest BCUT2D eigenvalue weighted by Gasteiger charge is 2.06. The minimum absolute atomic E-state index is 0.946. The molecule has 19 heavy (non-hydrogen) atoms. The zero-order valence-electron chi connectivity index (χ0n) is 9.66. The molecular formula is C14H8OS4. The van der Waals surface area contributed by atoms with Crippen molar-refractivity contribution in [3.63, 3.8) is 0 Å². The van der Waals surface area contributed by atoms with E-state index in [1.54, 1.807) is 19.7 Å². The molecule has 0 amide bonds. The molecule has 0 saturated carbocycles. The van der Waals surface area contributed by atoms with Crippen LogP contribution in [-0.4, -0.2) is 4.55 Å². The van der Waals surface area contributed by atoms with Crippen LogP contribution in [0.25, 0.3) is 30.9 Å². The fourth-order valence-electron chi connectivity index (χ4n) is 2.26. The van der Waals surface area contributed by atoms with E-state index in [0.717, 1.165) is 9.40 Å². The molecule has 1 heterocycles. The van der Waals surface area contributed by atoms with Crippen LogP contribution in [0.15, 0.2) is 48.5 Å². The van der Waals surface area contributed by atoms with Crippen LogP contribution in [0.1, 0.15) is 0 Å². The van der Waals surface area contributed by atoms with Gasteiger partial charge in [-0.2, -0.15) is 0 Å². The average Bonchev–Trinajstić information content (AvgIpc) is 2.44. The highest BCUT2D eigenvalue weighted by Crippen LogP contribution is 2.39. The van der Waals surface area contributed by atoms with E-state index in [2.05, 4.69) is 42.5 Å². The molecule has 0 radical (unpaired) electrons. The first-order valence-electron chi connectivity index (χ1n) is 5.71. The van der Waals surface area contributed by atoms with Crippen molar-refractivity contribution in [3.05, 3.63) is 48.5 Å². The van der Waals surface area contributed by atoms with Gasteiger partial charge in [-0.15, -0.1) is 0 Å². The van der Waals surface area contributed by atoms with E-state index in [4.69, 9.17) is 0 Å². The van der Waals surface area contributed by atoms with Gasteiger partial charge in [-0.1, -0.05) is 34.0 Å². The van der Waals surface area contributed by atoms with Crippen LogP contribution in [0.5, 0.6) is 0 Å². The van der Waals surface area contributed by atoms with Gasteiger partial charge >= 0.3 is 0 Å². The molecule has 0 aliphatic rings. The molecule has 0 spiro atoms. The first-order valence-corrected chi connectivity index (χ1v) is 10.9. The largest absolute Gasteiger partial charge is 0.678 e. The van der Waals surface area contributed by atoms with Gasteiger partial charge in [0.25, 0.3) is 0 Å². The van der Waals surface area contributed by atoms with E-state index in [1.807, 2.05) is 6.07 Å². The monoisotopic (exact) mass is 320 g/mol. The summed E-state index contributed by atoms with van der Waals surface area (Å²) in [5.41, 5.74) is 0. The van der Waals surface area contributed by atoms with Crippen LogP contribution in [-0.2, 0) is 0 Å². The molecule has 1 atom stereocenters. The first kappa shape index (κ1) is 11.8. The standard InChI is InChI=1S/C14H8OS4/c15-19-14-8-12-6-10-4-2-1-3-9(10)5-11(12)7-13(14)16-17-18-19/h1-8H. The SMILES string of the molecule is [O-][s+]1sssc2cc3cc4ccccc4cc3cc21. The van der Waals surface area contributed by atoms with E-state index in [9.17, 15) is 4.55 Å². The molecule has 0 bridgehead atoms. The lowest BCUT2D eigenvalue weighted by Gasteiger charge is -2.05. The quantitative estimate of drug-likeness (QED) is 0.215. The van der Waals surface area contributed by atoms with Gasteiger partial charge in [-0.25, -0.2) is 0 Å². The fourth-order valence-corrected chi connectivity index (χ4v) is 9.55. The molecule has 0 aliphatic heterocycles. The Morgan fingerprint density at radius 3 is 2.26 bits per heavy atom. The Hall–Kier alpha value is -0.980. The first-order chi connectivity index (χ1) is 9.31. The molecule has 0 saturated heterocycles. The topological polar surface area (TPSA) is 23.1 Å². The summed E-state index contributed by atoms with van der Waals surface area (Å²) in [6, 6.07) is 17.0. The lowest BCUT2D eigenvalue weighted by Crippen LogP contribution is -1.77. The van der Waals surface area contributed by atoms with E-state index in [-0.39, 0.29) is 0 Å². The van der Waals surface area contributed by atoms with Gasteiger partial charge in [0, 0.05) is 0 Å². The van der Waals surface area contributed by atoms with Crippen molar-refractivity contribution in [2.75, 3.05) is 0 Å². The smallest absolute Gasteiger partial charge is 0.216 e. The van der Waals surface area contributed by atoms with Gasteiger partial charge in [0.2, 0.25) is 9.34 Å². The third kappa shape index (κ3) is 1.98. The summed E-state index contributed by atoms with van der Waals surface area (Å²) in [6.07, 6.45) is 0. The summed E-state index contributed by atoms with van der Waals surface area (Å²) in [5.74, 6) is 0. The van der Waals surface area contributed by atoms with E-state index in [1.165, 1.54) is 30.9 Å². The summed E-state index contributed by atoms with van der Waals surface area (Å²) in [5, 5.41) is 4.86. The van der Waals surface area contributed by atoms with Crippen molar-refractivity contribution in [1.82, 2.24) is 0 Å². The summed E-state index contributed by atoms with van der Waals surface area (Å²) < 4.78 is 14.1. The van der Waals surface area contributed by atoms with Crippen LogP contribution in [0.2, 0.25) is 0 Å². The van der Waals surface area contributed by atoms with Crippen LogP contribution in [0.3, 0.4) is 0 Å². The van der Waals surface area contributed by atoms with Crippen molar-refractivity contribution in [2.24, 2.45) is 0 Å².